The molecule has 10 heteroatoms. The minimum Gasteiger partial charge on any atom is -0.379 e. The summed E-state index contributed by atoms with van der Waals surface area (Å²) in [5.74, 6) is 0.623. The number of alkyl halides is 3. The average molecular weight is 541 g/mol. The Bertz CT molecular complexity index is 656. The Kier molecular flexibility index (Phi) is 10.1. The molecule has 2 fully saturated rings. The largest absolute Gasteiger partial charge is 0.401 e. The van der Waals surface area contributed by atoms with Crippen LogP contribution in [-0.4, -0.2) is 87.5 Å². The van der Waals surface area contributed by atoms with E-state index in [-0.39, 0.29) is 36.1 Å². The molecule has 2 aliphatic heterocycles. The number of ether oxygens (including phenoxy) is 1. The molecule has 2 aliphatic rings. The number of halogens is 4. The smallest absolute Gasteiger partial charge is 0.379 e. The molecule has 0 saturated carbocycles. The first-order chi connectivity index (χ1) is 13.9. The molecule has 0 aliphatic carbocycles. The van der Waals surface area contributed by atoms with E-state index in [4.69, 9.17) is 4.74 Å². The number of aliphatic imine (C=N–C) groups is 1. The van der Waals surface area contributed by atoms with Crippen molar-refractivity contribution in [2.24, 2.45) is 4.99 Å². The van der Waals surface area contributed by atoms with Crippen molar-refractivity contribution in [3.63, 3.8) is 0 Å². The molecule has 1 aromatic carbocycles. The minimum absolute atomic E-state index is 0. The standard InChI is InChI=1S/C20H30F3N5O.HI/c1-24-19(26-17-7-8-27(14-17)15-20(21,22)23)25-13-18(16-5-3-2-4-6-16)28-9-11-29-12-10-28;/h2-6,17-18H,7-15H2,1H3,(H2,24,25,26);1H. The van der Waals surface area contributed by atoms with Crippen molar-refractivity contribution in [2.45, 2.75) is 24.7 Å². The highest BCUT2D eigenvalue weighted by atomic mass is 127. The molecule has 30 heavy (non-hydrogen) atoms. The van der Waals surface area contributed by atoms with Crippen molar-refractivity contribution in [3.8, 4) is 0 Å². The first-order valence-electron chi connectivity index (χ1n) is 10.1. The van der Waals surface area contributed by atoms with Crippen LogP contribution in [0.4, 0.5) is 13.2 Å². The van der Waals surface area contributed by atoms with Crippen LogP contribution in [0.2, 0.25) is 0 Å². The fourth-order valence-corrected chi connectivity index (χ4v) is 3.95. The summed E-state index contributed by atoms with van der Waals surface area (Å²) >= 11 is 0. The third-order valence-corrected chi connectivity index (χ3v) is 5.37. The molecule has 2 saturated heterocycles. The molecule has 2 heterocycles. The Morgan fingerprint density at radius 1 is 1.20 bits per heavy atom. The minimum atomic E-state index is -4.16. The summed E-state index contributed by atoms with van der Waals surface area (Å²) in [4.78, 5) is 8.10. The highest BCUT2D eigenvalue weighted by Crippen LogP contribution is 2.22. The van der Waals surface area contributed by atoms with Crippen LogP contribution in [0.25, 0.3) is 0 Å². The molecule has 0 radical (unpaired) electrons. The second-order valence-corrected chi connectivity index (χ2v) is 7.51. The lowest BCUT2D eigenvalue weighted by molar-refractivity contribution is -0.143. The molecule has 170 valence electrons. The van der Waals surface area contributed by atoms with Gasteiger partial charge in [0, 0.05) is 45.8 Å². The van der Waals surface area contributed by atoms with Gasteiger partial charge in [-0.3, -0.25) is 14.8 Å². The van der Waals surface area contributed by atoms with E-state index in [9.17, 15) is 13.2 Å². The topological polar surface area (TPSA) is 52.1 Å². The molecule has 0 bridgehead atoms. The zero-order valence-electron chi connectivity index (χ0n) is 17.2. The lowest BCUT2D eigenvalue weighted by atomic mass is 10.0. The monoisotopic (exact) mass is 541 g/mol. The van der Waals surface area contributed by atoms with Gasteiger partial charge in [0.05, 0.1) is 25.8 Å². The van der Waals surface area contributed by atoms with E-state index >= 15 is 0 Å². The van der Waals surface area contributed by atoms with Crippen LogP contribution >= 0.6 is 24.0 Å². The van der Waals surface area contributed by atoms with E-state index in [0.29, 0.717) is 45.2 Å². The summed E-state index contributed by atoms with van der Waals surface area (Å²) in [6, 6.07) is 10.4. The first-order valence-corrected chi connectivity index (χ1v) is 10.1. The number of rotatable bonds is 6. The first kappa shape index (κ1) is 25.2. The molecule has 0 aromatic heterocycles. The zero-order valence-corrected chi connectivity index (χ0v) is 19.5. The number of hydrogen-bond donors (Lipinski definition) is 2. The average Bonchev–Trinajstić information content (AvgIpc) is 3.14. The van der Waals surface area contributed by atoms with Crippen molar-refractivity contribution >= 4 is 29.9 Å². The normalized spacial score (nSPS) is 22.4. The van der Waals surface area contributed by atoms with Gasteiger partial charge < -0.3 is 15.4 Å². The number of hydrogen-bond acceptors (Lipinski definition) is 4. The predicted octanol–water partition coefficient (Wildman–Crippen LogP) is 2.48. The van der Waals surface area contributed by atoms with Crippen molar-refractivity contribution < 1.29 is 17.9 Å². The maximum absolute atomic E-state index is 12.6. The van der Waals surface area contributed by atoms with Crippen molar-refractivity contribution in [3.05, 3.63) is 35.9 Å². The van der Waals surface area contributed by atoms with Crippen LogP contribution in [0.15, 0.2) is 35.3 Å². The quantitative estimate of drug-likeness (QED) is 0.330. The summed E-state index contributed by atoms with van der Waals surface area (Å²) in [6.45, 7) is 3.76. The van der Waals surface area contributed by atoms with Gasteiger partial charge in [-0.15, -0.1) is 24.0 Å². The van der Waals surface area contributed by atoms with Crippen LogP contribution in [0.5, 0.6) is 0 Å². The van der Waals surface area contributed by atoms with Crippen molar-refractivity contribution in [1.82, 2.24) is 20.4 Å². The highest BCUT2D eigenvalue weighted by Gasteiger charge is 2.34. The number of nitrogens with one attached hydrogen (secondary N) is 2. The Balaban J connectivity index is 0.00000320. The van der Waals surface area contributed by atoms with Gasteiger partial charge in [0.25, 0.3) is 0 Å². The van der Waals surface area contributed by atoms with Gasteiger partial charge in [-0.25, -0.2) is 0 Å². The van der Waals surface area contributed by atoms with Gasteiger partial charge in [0.15, 0.2) is 5.96 Å². The molecule has 2 N–H and O–H groups in total. The van der Waals surface area contributed by atoms with Crippen LogP contribution in [0, 0.1) is 0 Å². The Morgan fingerprint density at radius 2 is 1.90 bits per heavy atom. The third kappa shape index (κ3) is 7.86. The van der Waals surface area contributed by atoms with Crippen LogP contribution in [0.1, 0.15) is 18.0 Å². The van der Waals surface area contributed by atoms with Crippen molar-refractivity contribution in [1.29, 1.82) is 0 Å². The van der Waals surface area contributed by atoms with Gasteiger partial charge in [-0.1, -0.05) is 30.3 Å². The highest BCUT2D eigenvalue weighted by molar-refractivity contribution is 14.0. The summed E-state index contributed by atoms with van der Waals surface area (Å²) in [5, 5.41) is 6.65. The second kappa shape index (κ2) is 12.1. The van der Waals surface area contributed by atoms with E-state index in [0.717, 1.165) is 13.1 Å². The maximum Gasteiger partial charge on any atom is 0.401 e. The van der Waals surface area contributed by atoms with Gasteiger partial charge >= 0.3 is 6.18 Å². The number of guanidine groups is 1. The number of nitrogens with zero attached hydrogens (tertiary/aromatic N) is 3. The molecular weight excluding hydrogens is 510 g/mol. The summed E-state index contributed by atoms with van der Waals surface area (Å²) < 4.78 is 43.3. The van der Waals surface area contributed by atoms with Crippen molar-refractivity contribution in [2.75, 3.05) is 59.5 Å². The van der Waals surface area contributed by atoms with Gasteiger partial charge in [0.1, 0.15) is 0 Å². The third-order valence-electron chi connectivity index (χ3n) is 5.37. The van der Waals surface area contributed by atoms with E-state index in [1.165, 1.54) is 10.5 Å². The van der Waals surface area contributed by atoms with E-state index in [1.54, 1.807) is 7.05 Å². The SMILES string of the molecule is CN=C(NCC(c1ccccc1)N1CCOCC1)NC1CCN(CC(F)(F)F)C1.I. The van der Waals surface area contributed by atoms with E-state index in [1.807, 2.05) is 18.2 Å². The molecular formula is C20H31F3IN5O. The molecule has 2 unspecified atom stereocenters. The molecule has 6 nitrogen and oxygen atoms in total. The number of benzene rings is 1. The lowest BCUT2D eigenvalue weighted by Crippen LogP contribution is -2.49. The fraction of sp³-hybridized carbons (Fsp3) is 0.650. The molecule has 2 atom stereocenters. The summed E-state index contributed by atoms with van der Waals surface area (Å²) in [6.07, 6.45) is -3.49. The zero-order chi connectivity index (χ0) is 20.7. The Morgan fingerprint density at radius 3 is 2.53 bits per heavy atom. The number of morpholine rings is 1. The van der Waals surface area contributed by atoms with Gasteiger partial charge in [-0.2, -0.15) is 13.2 Å². The molecule has 0 spiro atoms. The summed E-state index contributed by atoms with van der Waals surface area (Å²) in [5.41, 5.74) is 1.22. The number of likely N-dealkylation sites (tertiary alicyclic amines) is 1. The van der Waals surface area contributed by atoms with Crippen LogP contribution < -0.4 is 10.6 Å². The lowest BCUT2D eigenvalue weighted by Gasteiger charge is -2.35. The second-order valence-electron chi connectivity index (χ2n) is 7.51. The predicted molar refractivity (Wildman–Crippen MR) is 122 cm³/mol. The Hall–Kier alpha value is -1.11. The van der Waals surface area contributed by atoms with Gasteiger partial charge in [-0.05, 0) is 12.0 Å². The van der Waals surface area contributed by atoms with E-state index in [2.05, 4.69) is 32.7 Å². The molecule has 3 rings (SSSR count). The van der Waals surface area contributed by atoms with E-state index < -0.39 is 12.7 Å². The molecule has 0 amide bonds. The maximum atomic E-state index is 12.6. The van der Waals surface area contributed by atoms with Crippen LogP contribution in [0.3, 0.4) is 0 Å². The fourth-order valence-electron chi connectivity index (χ4n) is 3.95. The summed E-state index contributed by atoms with van der Waals surface area (Å²) in [7, 11) is 1.68. The Labute approximate surface area is 193 Å². The molecule has 1 aromatic rings. The van der Waals surface area contributed by atoms with Gasteiger partial charge in [0.2, 0.25) is 0 Å². The van der Waals surface area contributed by atoms with Crippen LogP contribution in [-0.2, 0) is 4.74 Å².